The van der Waals surface area contributed by atoms with Crippen molar-refractivity contribution in [1.82, 2.24) is 9.78 Å². The Labute approximate surface area is 200 Å². The van der Waals surface area contributed by atoms with Crippen LogP contribution in [0, 0.1) is 0 Å². The maximum Gasteiger partial charge on any atom is 0.341 e. The van der Waals surface area contributed by atoms with Crippen molar-refractivity contribution >= 4 is 45.0 Å². The third kappa shape index (κ3) is 5.06. The van der Waals surface area contributed by atoms with Crippen LogP contribution in [-0.2, 0) is 25.6 Å². The van der Waals surface area contributed by atoms with Gasteiger partial charge in [-0.1, -0.05) is 12.1 Å². The summed E-state index contributed by atoms with van der Waals surface area (Å²) in [5, 5.41) is 7.03. The third-order valence-corrected chi connectivity index (χ3v) is 5.74. The predicted octanol–water partition coefficient (Wildman–Crippen LogP) is 2.37. The molecule has 0 aliphatic heterocycles. The highest BCUT2D eigenvalue weighted by Crippen LogP contribution is 2.36. The van der Waals surface area contributed by atoms with Crippen molar-refractivity contribution in [1.29, 1.82) is 0 Å². The third-order valence-electron chi connectivity index (χ3n) is 4.85. The molecule has 0 aliphatic carbocycles. The molecule has 1 aromatic carbocycles. The Hall–Kier alpha value is -4.45. The standard InChI is InChI=1S/C23H19N3O8S/c1-2-32-23(31)19-15(16-8-5-9-33-16)12-35-21(19)24-17(27)11-34-18(28)10-26-22(30)14-7-4-3-6-13(14)20(29)25-26/h3-9,12H,2,10-11H2,1H3,(H,24,27)(H,25,29). The molecule has 0 radical (unpaired) electrons. The maximum atomic E-state index is 12.5. The van der Waals surface area contributed by atoms with Gasteiger partial charge in [-0.2, -0.15) is 0 Å². The number of carbonyl (C=O) groups is 3. The number of hydrogen-bond acceptors (Lipinski definition) is 9. The summed E-state index contributed by atoms with van der Waals surface area (Å²) in [7, 11) is 0. The lowest BCUT2D eigenvalue weighted by molar-refractivity contribution is -0.148. The van der Waals surface area contributed by atoms with E-state index in [1.165, 1.54) is 18.4 Å². The number of esters is 2. The van der Waals surface area contributed by atoms with Crippen LogP contribution in [0.1, 0.15) is 17.3 Å². The fraction of sp³-hybridized carbons (Fsp3) is 0.174. The van der Waals surface area contributed by atoms with Crippen molar-refractivity contribution in [2.75, 3.05) is 18.5 Å². The number of benzene rings is 1. The molecule has 3 heterocycles. The van der Waals surface area contributed by atoms with Crippen LogP contribution in [0.4, 0.5) is 5.00 Å². The van der Waals surface area contributed by atoms with Crippen LogP contribution in [0.2, 0.25) is 0 Å². The van der Waals surface area contributed by atoms with E-state index in [1.807, 2.05) is 0 Å². The van der Waals surface area contributed by atoms with Crippen LogP contribution in [0.5, 0.6) is 0 Å². The number of amides is 1. The van der Waals surface area contributed by atoms with Gasteiger partial charge in [0.1, 0.15) is 22.9 Å². The van der Waals surface area contributed by atoms with Crippen LogP contribution in [0.25, 0.3) is 22.1 Å². The predicted molar refractivity (Wildman–Crippen MR) is 126 cm³/mol. The first-order chi connectivity index (χ1) is 16.9. The van der Waals surface area contributed by atoms with E-state index in [4.69, 9.17) is 13.9 Å². The lowest BCUT2D eigenvalue weighted by Gasteiger charge is -2.09. The number of carbonyl (C=O) groups excluding carboxylic acids is 3. The lowest BCUT2D eigenvalue weighted by atomic mass is 10.1. The zero-order valence-electron chi connectivity index (χ0n) is 18.4. The van der Waals surface area contributed by atoms with Crippen LogP contribution in [0.15, 0.2) is 62.0 Å². The Morgan fingerprint density at radius 2 is 1.86 bits per heavy atom. The zero-order chi connectivity index (χ0) is 24.9. The quantitative estimate of drug-likeness (QED) is 0.352. The number of aromatic nitrogens is 2. The highest BCUT2D eigenvalue weighted by Gasteiger charge is 2.24. The average molecular weight is 497 g/mol. The summed E-state index contributed by atoms with van der Waals surface area (Å²) in [5.41, 5.74) is -0.552. The smallest absolute Gasteiger partial charge is 0.341 e. The zero-order valence-corrected chi connectivity index (χ0v) is 19.2. The SMILES string of the molecule is CCOC(=O)c1c(-c2ccco2)csc1NC(=O)COC(=O)Cn1[nH]c(=O)c2ccccc2c1=O. The van der Waals surface area contributed by atoms with Gasteiger partial charge in [0, 0.05) is 10.9 Å². The number of ether oxygens (including phenoxy) is 2. The van der Waals surface area contributed by atoms with Crippen molar-refractivity contribution in [3.8, 4) is 11.3 Å². The summed E-state index contributed by atoms with van der Waals surface area (Å²) in [6.45, 7) is 0.514. The molecule has 4 rings (SSSR count). The first kappa shape index (κ1) is 23.7. The molecule has 11 nitrogen and oxygen atoms in total. The minimum Gasteiger partial charge on any atom is -0.464 e. The topological polar surface area (TPSA) is 150 Å². The Morgan fingerprint density at radius 3 is 2.57 bits per heavy atom. The van der Waals surface area contributed by atoms with Crippen LogP contribution in [-0.4, -0.2) is 40.8 Å². The summed E-state index contributed by atoms with van der Waals surface area (Å²) in [5.74, 6) is -1.85. The molecule has 0 spiro atoms. The molecule has 1 amide bonds. The Morgan fingerprint density at radius 1 is 1.09 bits per heavy atom. The van der Waals surface area contributed by atoms with E-state index in [-0.39, 0.29) is 27.9 Å². The van der Waals surface area contributed by atoms with Crippen LogP contribution < -0.4 is 16.4 Å². The molecule has 12 heteroatoms. The molecule has 0 fully saturated rings. The summed E-state index contributed by atoms with van der Waals surface area (Å²) in [6, 6.07) is 9.51. The summed E-state index contributed by atoms with van der Waals surface area (Å²) in [6.07, 6.45) is 1.45. The minimum absolute atomic E-state index is 0.117. The summed E-state index contributed by atoms with van der Waals surface area (Å²) < 4.78 is 16.2. The second-order valence-electron chi connectivity index (χ2n) is 7.14. The van der Waals surface area contributed by atoms with E-state index >= 15 is 0 Å². The minimum atomic E-state index is -0.916. The van der Waals surface area contributed by atoms with Crippen molar-refractivity contribution in [3.05, 3.63) is 74.3 Å². The van der Waals surface area contributed by atoms with Gasteiger partial charge < -0.3 is 19.2 Å². The molecule has 180 valence electrons. The number of aromatic amines is 1. The Balaban J connectivity index is 1.44. The number of anilines is 1. The lowest BCUT2D eigenvalue weighted by Crippen LogP contribution is -2.33. The van der Waals surface area contributed by atoms with Crippen molar-refractivity contribution in [2.24, 2.45) is 0 Å². The van der Waals surface area contributed by atoms with E-state index in [9.17, 15) is 24.0 Å². The molecule has 35 heavy (non-hydrogen) atoms. The number of nitrogens with zero attached hydrogens (tertiary/aromatic N) is 1. The average Bonchev–Trinajstić information content (AvgIpc) is 3.51. The second-order valence-corrected chi connectivity index (χ2v) is 8.02. The second kappa shape index (κ2) is 10.2. The summed E-state index contributed by atoms with van der Waals surface area (Å²) in [4.78, 5) is 61.8. The monoisotopic (exact) mass is 497 g/mol. The van der Waals surface area contributed by atoms with Gasteiger partial charge in [-0.15, -0.1) is 11.3 Å². The molecule has 0 saturated heterocycles. The molecule has 3 aromatic heterocycles. The summed E-state index contributed by atoms with van der Waals surface area (Å²) >= 11 is 1.08. The van der Waals surface area contributed by atoms with Crippen LogP contribution >= 0.6 is 11.3 Å². The molecule has 4 aromatic rings. The Kier molecular flexibility index (Phi) is 6.92. The number of thiophene rings is 1. The van der Waals surface area contributed by atoms with Crippen molar-refractivity contribution < 1.29 is 28.3 Å². The molecule has 2 N–H and O–H groups in total. The number of fused-ring (bicyclic) bond motifs is 1. The van der Waals surface area contributed by atoms with E-state index < -0.39 is 42.1 Å². The van der Waals surface area contributed by atoms with Gasteiger partial charge >= 0.3 is 11.9 Å². The normalized spacial score (nSPS) is 10.8. The van der Waals surface area contributed by atoms with Gasteiger partial charge in [-0.3, -0.25) is 24.3 Å². The van der Waals surface area contributed by atoms with Gasteiger partial charge in [0.25, 0.3) is 17.0 Å². The fourth-order valence-corrected chi connectivity index (χ4v) is 4.26. The Bertz CT molecular complexity index is 1510. The van der Waals surface area contributed by atoms with E-state index in [1.54, 1.807) is 36.6 Å². The largest absolute Gasteiger partial charge is 0.464 e. The van der Waals surface area contributed by atoms with Crippen molar-refractivity contribution in [3.63, 3.8) is 0 Å². The fourth-order valence-electron chi connectivity index (χ4n) is 3.31. The van der Waals surface area contributed by atoms with Gasteiger partial charge in [-0.25, -0.2) is 9.48 Å². The van der Waals surface area contributed by atoms with E-state index in [2.05, 4.69) is 10.4 Å². The maximum absolute atomic E-state index is 12.5. The van der Waals surface area contributed by atoms with E-state index in [0.717, 1.165) is 16.0 Å². The highest BCUT2D eigenvalue weighted by atomic mass is 32.1. The van der Waals surface area contributed by atoms with E-state index in [0.29, 0.717) is 11.3 Å². The molecule has 0 unspecified atom stereocenters. The van der Waals surface area contributed by atoms with Gasteiger partial charge in [0.05, 0.1) is 23.6 Å². The van der Waals surface area contributed by atoms with Gasteiger partial charge in [-0.05, 0) is 31.2 Å². The number of hydrogen-bond donors (Lipinski definition) is 2. The number of furan rings is 1. The van der Waals surface area contributed by atoms with Gasteiger partial charge in [0.2, 0.25) is 0 Å². The van der Waals surface area contributed by atoms with Crippen LogP contribution in [0.3, 0.4) is 0 Å². The molecule has 0 bridgehead atoms. The molecular weight excluding hydrogens is 478 g/mol. The first-order valence-corrected chi connectivity index (χ1v) is 11.3. The molecular formula is C23H19N3O8S. The number of nitrogens with one attached hydrogen (secondary N) is 2. The van der Waals surface area contributed by atoms with Gasteiger partial charge in [0.15, 0.2) is 6.61 Å². The molecule has 0 aliphatic rings. The number of rotatable bonds is 8. The molecule has 0 atom stereocenters. The highest BCUT2D eigenvalue weighted by molar-refractivity contribution is 7.15. The van der Waals surface area contributed by atoms with Crippen molar-refractivity contribution in [2.45, 2.75) is 13.5 Å². The first-order valence-electron chi connectivity index (χ1n) is 10.4. The molecule has 0 saturated carbocycles. The number of H-pyrrole nitrogens is 1.